The molecule has 1 rings (SSSR count). The molecule has 0 aromatic carbocycles. The summed E-state index contributed by atoms with van der Waals surface area (Å²) in [5.74, 6) is -0.863. The molecule has 10 nitrogen and oxygen atoms in total. The third kappa shape index (κ3) is 25.9. The summed E-state index contributed by atoms with van der Waals surface area (Å²) in [7, 11) is 0. The molecule has 1 aliphatic rings. The zero-order valence-electron chi connectivity index (χ0n) is 32.7. The monoisotopic (exact) mass is 749 g/mol. The fraction of sp³-hybridized carbons (Fsp3) is 0.721. The lowest BCUT2D eigenvalue weighted by Crippen LogP contribution is -2.59. The van der Waals surface area contributed by atoms with Gasteiger partial charge in [-0.25, -0.2) is 0 Å². The Morgan fingerprint density at radius 3 is 1.70 bits per heavy atom. The highest BCUT2D eigenvalue weighted by molar-refractivity contribution is 5.70. The average molecular weight is 749 g/mol. The van der Waals surface area contributed by atoms with Crippen LogP contribution in [0.15, 0.2) is 60.8 Å². The molecule has 6 atom stereocenters. The van der Waals surface area contributed by atoms with Gasteiger partial charge >= 0.3 is 11.9 Å². The van der Waals surface area contributed by atoms with E-state index in [0.29, 0.717) is 12.8 Å². The molecule has 0 aromatic rings. The van der Waals surface area contributed by atoms with E-state index >= 15 is 0 Å². The first-order valence-corrected chi connectivity index (χ1v) is 20.4. The first-order valence-electron chi connectivity index (χ1n) is 20.4. The maximum Gasteiger partial charge on any atom is 0.306 e. The number of rotatable bonds is 32. The van der Waals surface area contributed by atoms with Gasteiger partial charge in [-0.3, -0.25) is 9.59 Å². The standard InChI is InChI=1S/C43H72O10/c1-3-5-7-9-11-13-15-17-18-20-21-23-25-27-29-31-38(45)50-34-36(35-51-43-42(49)41(48)40(47)37(33-44)53-43)52-39(46)32-30-28-26-24-22-19-16-14-12-10-8-6-4-2/h5,7,11-14,17-19,22,36-37,40-44,47-49H,3-4,6,8-10,15-16,20-21,23-35H2,1-2H3/b7-5-,13-11-,14-12-,18-17-,22-19-/t36-,37-,40+,41+,42-,43-/m1/s1. The Morgan fingerprint density at radius 1 is 0.604 bits per heavy atom. The quantitative estimate of drug-likeness (QED) is 0.0304. The van der Waals surface area contributed by atoms with Crippen molar-refractivity contribution in [1.29, 1.82) is 0 Å². The van der Waals surface area contributed by atoms with Crippen LogP contribution in [0.4, 0.5) is 0 Å². The third-order valence-corrected chi connectivity index (χ3v) is 8.89. The van der Waals surface area contributed by atoms with Crippen molar-refractivity contribution in [2.75, 3.05) is 19.8 Å². The molecule has 0 saturated carbocycles. The van der Waals surface area contributed by atoms with Gasteiger partial charge in [-0.15, -0.1) is 0 Å². The summed E-state index contributed by atoms with van der Waals surface area (Å²) in [6.45, 7) is 3.21. The van der Waals surface area contributed by atoms with Gasteiger partial charge in [-0.1, -0.05) is 113 Å². The number of carbonyl (C=O) groups excluding carboxylic acids is 2. The second kappa shape index (κ2) is 33.9. The van der Waals surface area contributed by atoms with Crippen molar-refractivity contribution in [2.24, 2.45) is 0 Å². The summed E-state index contributed by atoms with van der Waals surface area (Å²) in [6.07, 6.45) is 32.3. The van der Waals surface area contributed by atoms with Crippen LogP contribution in [-0.4, -0.2) is 89.0 Å². The molecule has 53 heavy (non-hydrogen) atoms. The van der Waals surface area contributed by atoms with Gasteiger partial charge in [0.25, 0.3) is 0 Å². The molecular formula is C43H72O10. The zero-order valence-corrected chi connectivity index (χ0v) is 32.7. The van der Waals surface area contributed by atoms with E-state index in [4.69, 9.17) is 18.9 Å². The van der Waals surface area contributed by atoms with E-state index in [2.05, 4.69) is 74.6 Å². The van der Waals surface area contributed by atoms with Crippen LogP contribution in [-0.2, 0) is 28.5 Å². The molecular weight excluding hydrogens is 676 g/mol. The second-order valence-corrected chi connectivity index (χ2v) is 13.7. The Bertz CT molecular complexity index is 1050. The van der Waals surface area contributed by atoms with Crippen LogP contribution in [0.2, 0.25) is 0 Å². The number of aliphatic hydroxyl groups is 4. The highest BCUT2D eigenvalue weighted by atomic mass is 16.7. The van der Waals surface area contributed by atoms with Crippen molar-refractivity contribution in [3.05, 3.63) is 60.8 Å². The lowest BCUT2D eigenvalue weighted by atomic mass is 9.99. The van der Waals surface area contributed by atoms with Crippen molar-refractivity contribution >= 4 is 11.9 Å². The lowest BCUT2D eigenvalue weighted by molar-refractivity contribution is -0.305. The lowest BCUT2D eigenvalue weighted by Gasteiger charge is -2.39. The van der Waals surface area contributed by atoms with Gasteiger partial charge in [-0.05, 0) is 77.0 Å². The third-order valence-electron chi connectivity index (χ3n) is 8.89. The molecule has 304 valence electrons. The molecule has 0 spiro atoms. The summed E-state index contributed by atoms with van der Waals surface area (Å²) >= 11 is 0. The van der Waals surface area contributed by atoms with E-state index in [1.165, 1.54) is 19.3 Å². The van der Waals surface area contributed by atoms with Crippen molar-refractivity contribution in [2.45, 2.75) is 179 Å². The summed E-state index contributed by atoms with van der Waals surface area (Å²) in [5.41, 5.74) is 0. The van der Waals surface area contributed by atoms with E-state index < -0.39 is 55.4 Å². The molecule has 1 fully saturated rings. The van der Waals surface area contributed by atoms with Gasteiger partial charge in [0.05, 0.1) is 13.2 Å². The normalized spacial score (nSPS) is 21.5. The van der Waals surface area contributed by atoms with Crippen molar-refractivity contribution in [3.8, 4) is 0 Å². The first kappa shape index (κ1) is 48.4. The maximum atomic E-state index is 12.7. The van der Waals surface area contributed by atoms with Gasteiger partial charge in [0.1, 0.15) is 31.0 Å². The van der Waals surface area contributed by atoms with E-state index in [0.717, 1.165) is 83.5 Å². The minimum atomic E-state index is -1.60. The minimum absolute atomic E-state index is 0.193. The molecule has 1 heterocycles. The number of unbranched alkanes of at least 4 members (excludes halogenated alkanes) is 11. The predicted octanol–water partition coefficient (Wildman–Crippen LogP) is 7.88. The van der Waals surface area contributed by atoms with E-state index in [-0.39, 0.29) is 26.1 Å². The molecule has 0 radical (unpaired) electrons. The van der Waals surface area contributed by atoms with Crippen LogP contribution in [0.5, 0.6) is 0 Å². The maximum absolute atomic E-state index is 12.7. The van der Waals surface area contributed by atoms with Crippen LogP contribution in [0, 0.1) is 0 Å². The van der Waals surface area contributed by atoms with Crippen LogP contribution in [0.1, 0.15) is 142 Å². The van der Waals surface area contributed by atoms with Gasteiger partial charge in [0, 0.05) is 12.8 Å². The smallest absolute Gasteiger partial charge is 0.306 e. The summed E-state index contributed by atoms with van der Waals surface area (Å²) < 4.78 is 22.0. The van der Waals surface area contributed by atoms with Crippen LogP contribution >= 0.6 is 0 Å². The molecule has 0 aromatic heterocycles. The van der Waals surface area contributed by atoms with Crippen molar-refractivity contribution in [1.82, 2.24) is 0 Å². The number of allylic oxidation sites excluding steroid dienone is 10. The minimum Gasteiger partial charge on any atom is -0.462 e. The number of ether oxygens (including phenoxy) is 4. The topological polar surface area (TPSA) is 152 Å². The van der Waals surface area contributed by atoms with Gasteiger partial charge < -0.3 is 39.4 Å². The Labute approximate surface area is 320 Å². The predicted molar refractivity (Wildman–Crippen MR) is 210 cm³/mol. The summed E-state index contributed by atoms with van der Waals surface area (Å²) in [5, 5.41) is 40.0. The molecule has 4 N–H and O–H groups in total. The molecule has 0 unspecified atom stereocenters. The Kier molecular flexibility index (Phi) is 31.0. The Morgan fingerprint density at radius 2 is 1.11 bits per heavy atom. The van der Waals surface area contributed by atoms with Gasteiger partial charge in [-0.2, -0.15) is 0 Å². The highest BCUT2D eigenvalue weighted by Crippen LogP contribution is 2.22. The van der Waals surface area contributed by atoms with Crippen LogP contribution < -0.4 is 0 Å². The summed E-state index contributed by atoms with van der Waals surface area (Å²) in [6, 6.07) is 0. The van der Waals surface area contributed by atoms with Crippen LogP contribution in [0.3, 0.4) is 0 Å². The Balaban J connectivity index is 2.41. The number of carbonyl (C=O) groups is 2. The number of hydrogen-bond donors (Lipinski definition) is 4. The van der Waals surface area contributed by atoms with E-state index in [1.807, 2.05) is 0 Å². The zero-order chi connectivity index (χ0) is 38.8. The fourth-order valence-electron chi connectivity index (χ4n) is 5.64. The number of aliphatic hydroxyl groups excluding tert-OH is 4. The van der Waals surface area contributed by atoms with Crippen molar-refractivity contribution in [3.63, 3.8) is 0 Å². The molecule has 1 aliphatic heterocycles. The van der Waals surface area contributed by atoms with Gasteiger partial charge in [0.2, 0.25) is 0 Å². The van der Waals surface area contributed by atoms with E-state index in [9.17, 15) is 30.0 Å². The van der Waals surface area contributed by atoms with Gasteiger partial charge in [0.15, 0.2) is 12.4 Å². The SMILES string of the molecule is CC/C=C\C/C=C\C/C=C\CCCCCCCC(=O)OC[C@H](CO[C@@H]1O[C@H](CO)[C@H](O)[C@H](O)[C@H]1O)OC(=O)CCCCC/C=C\C/C=C\CCCCC. The highest BCUT2D eigenvalue weighted by Gasteiger charge is 2.44. The molecule has 10 heteroatoms. The largest absolute Gasteiger partial charge is 0.462 e. The second-order valence-electron chi connectivity index (χ2n) is 13.7. The first-order chi connectivity index (χ1) is 25.8. The molecule has 1 saturated heterocycles. The molecule has 0 aliphatic carbocycles. The Hall–Kier alpha value is -2.60. The van der Waals surface area contributed by atoms with E-state index in [1.54, 1.807) is 0 Å². The number of esters is 2. The summed E-state index contributed by atoms with van der Waals surface area (Å²) in [4.78, 5) is 25.2. The van der Waals surface area contributed by atoms with Crippen molar-refractivity contribution < 1.29 is 49.0 Å². The molecule has 0 bridgehead atoms. The fourth-order valence-corrected chi connectivity index (χ4v) is 5.64. The average Bonchev–Trinajstić information content (AvgIpc) is 3.15. The number of hydrogen-bond acceptors (Lipinski definition) is 10. The molecule has 0 amide bonds. The van der Waals surface area contributed by atoms with Crippen LogP contribution in [0.25, 0.3) is 0 Å².